The molecule has 0 aliphatic heterocycles. The van der Waals surface area contributed by atoms with Crippen LogP contribution in [0, 0.1) is 0 Å². The van der Waals surface area contributed by atoms with Crippen LogP contribution >= 0.6 is 0 Å². The van der Waals surface area contributed by atoms with Gasteiger partial charge in [-0.3, -0.25) is 9.59 Å². The topological polar surface area (TPSA) is 172 Å². The maximum atomic E-state index is 10.3. The van der Waals surface area contributed by atoms with Gasteiger partial charge in [-0.15, -0.1) is 0 Å². The molecule has 92 valence electrons. The van der Waals surface area contributed by atoms with Gasteiger partial charge in [0.15, 0.2) is 5.60 Å². The Bertz CT molecular complexity index is 271. The van der Waals surface area contributed by atoms with Crippen molar-refractivity contribution in [2.75, 3.05) is 0 Å². The average molecular weight is 260 g/mol. The van der Waals surface area contributed by atoms with Crippen LogP contribution in [-0.2, 0) is 19.2 Å². The second kappa shape index (κ2) is 10.0. The third-order valence-electron chi connectivity index (χ3n) is 1.29. The molecule has 0 aromatic carbocycles. The van der Waals surface area contributed by atoms with Crippen molar-refractivity contribution in [3.8, 4) is 0 Å². The predicted molar refractivity (Wildman–Crippen MR) is 43.2 cm³/mol. The summed E-state index contributed by atoms with van der Waals surface area (Å²) in [5.41, 5.74) is -2.74. The number of carbonyl (C=O) groups is 4. The summed E-state index contributed by atoms with van der Waals surface area (Å²) in [6.07, 6.45) is -2.29. The van der Waals surface area contributed by atoms with Crippen molar-refractivity contribution in [1.29, 1.82) is 0 Å². The third-order valence-corrected chi connectivity index (χ3v) is 1.29. The molecule has 0 heterocycles. The van der Waals surface area contributed by atoms with Gasteiger partial charge < -0.3 is 30.3 Å². The van der Waals surface area contributed by atoms with Gasteiger partial charge in [0.25, 0.3) is 0 Å². The number of rotatable bonds is 5. The summed E-state index contributed by atoms with van der Waals surface area (Å²) < 4.78 is 0. The zero-order valence-electron chi connectivity index (χ0n) is 8.82. The molecule has 0 spiro atoms. The first-order chi connectivity index (χ1) is 7.19. The van der Waals surface area contributed by atoms with Gasteiger partial charge in [-0.2, -0.15) is 0 Å². The van der Waals surface area contributed by atoms with Crippen LogP contribution in [0.4, 0.5) is 0 Å². The minimum Gasteiger partial charge on any atom is -0.554 e. The van der Waals surface area contributed by atoms with Crippen molar-refractivity contribution in [2.45, 2.75) is 18.4 Å². The second-order valence-corrected chi connectivity index (χ2v) is 2.57. The number of carboxylic acid groups (broad SMARTS) is 4. The fourth-order valence-electron chi connectivity index (χ4n) is 0.714. The minimum absolute atomic E-state index is 0. The molecule has 0 rings (SSSR count). The van der Waals surface area contributed by atoms with Gasteiger partial charge in [-0.1, -0.05) is 0 Å². The van der Waals surface area contributed by atoms with E-state index in [1.165, 1.54) is 0 Å². The van der Waals surface area contributed by atoms with E-state index in [1.807, 2.05) is 0 Å². The van der Waals surface area contributed by atoms with Gasteiger partial charge in [0, 0.05) is 6.47 Å². The van der Waals surface area contributed by atoms with E-state index >= 15 is 0 Å². The molecule has 0 aromatic rings. The molecular formula is C7H9NaO9. The molecule has 9 nitrogen and oxygen atoms in total. The molecule has 0 bridgehead atoms. The Hall–Kier alpha value is -1.16. The summed E-state index contributed by atoms with van der Waals surface area (Å²) in [4.78, 5) is 38.7. The largest absolute Gasteiger partial charge is 1.00 e. The molecule has 4 N–H and O–H groups in total. The van der Waals surface area contributed by atoms with E-state index in [2.05, 4.69) is 0 Å². The average Bonchev–Trinajstić information content (AvgIpc) is 2.01. The van der Waals surface area contributed by atoms with Crippen molar-refractivity contribution in [1.82, 2.24) is 0 Å². The summed E-state index contributed by atoms with van der Waals surface area (Å²) in [7, 11) is 0. The Morgan fingerprint density at radius 1 is 1.06 bits per heavy atom. The van der Waals surface area contributed by atoms with Gasteiger partial charge in [-0.05, 0) is 0 Å². The van der Waals surface area contributed by atoms with Crippen LogP contribution < -0.4 is 34.7 Å². The van der Waals surface area contributed by atoms with Crippen LogP contribution in [0.25, 0.3) is 0 Å². The van der Waals surface area contributed by atoms with Crippen LogP contribution in [0.5, 0.6) is 0 Å². The Morgan fingerprint density at radius 2 is 1.29 bits per heavy atom. The van der Waals surface area contributed by atoms with E-state index in [9.17, 15) is 14.4 Å². The summed E-state index contributed by atoms with van der Waals surface area (Å²) in [5, 5.41) is 42.1. The number of aliphatic carboxylic acids is 3. The van der Waals surface area contributed by atoms with Gasteiger partial charge >= 0.3 is 47.5 Å². The van der Waals surface area contributed by atoms with Gasteiger partial charge in [0.05, 0.1) is 12.8 Å². The maximum absolute atomic E-state index is 10.3. The van der Waals surface area contributed by atoms with Gasteiger partial charge in [-0.25, -0.2) is 4.79 Å². The van der Waals surface area contributed by atoms with Crippen molar-refractivity contribution in [3.05, 3.63) is 0 Å². The van der Waals surface area contributed by atoms with Crippen molar-refractivity contribution in [2.24, 2.45) is 0 Å². The smallest absolute Gasteiger partial charge is 0.554 e. The first-order valence-electron chi connectivity index (χ1n) is 3.64. The van der Waals surface area contributed by atoms with Crippen LogP contribution in [0.15, 0.2) is 0 Å². The van der Waals surface area contributed by atoms with E-state index in [4.69, 9.17) is 30.3 Å². The number of carbonyl (C=O) groups excluding carboxylic acids is 1. The first-order valence-corrected chi connectivity index (χ1v) is 3.64. The Morgan fingerprint density at radius 3 is 1.41 bits per heavy atom. The van der Waals surface area contributed by atoms with E-state index in [0.717, 1.165) is 0 Å². The first kappa shape index (κ1) is 21.2. The molecule has 0 aliphatic carbocycles. The number of aliphatic hydroxyl groups is 1. The monoisotopic (exact) mass is 260 g/mol. The standard InChI is InChI=1S/C6H8O7.CH2O2.Na/c7-3(8)1-6(13,5(11)12)2-4(9)10;2-1-3;/h13H,1-2H2,(H,7,8)(H,9,10)(H,11,12);1H,(H,2,3);/q;;+1/p-1. The van der Waals surface area contributed by atoms with Crippen molar-refractivity contribution >= 4 is 24.4 Å². The van der Waals surface area contributed by atoms with E-state index in [0.29, 0.717) is 0 Å². The minimum atomic E-state index is -2.74. The Balaban J connectivity index is -0.000000440. The Labute approximate surface area is 117 Å². The molecule has 0 amide bonds. The van der Waals surface area contributed by atoms with Crippen molar-refractivity contribution in [3.63, 3.8) is 0 Å². The molecule has 0 aliphatic rings. The molecule has 0 radical (unpaired) electrons. The fourth-order valence-corrected chi connectivity index (χ4v) is 0.714. The molecule has 0 saturated heterocycles. The molecule has 0 aromatic heterocycles. The molecule has 10 heteroatoms. The SMILES string of the molecule is O=C(O)CC(O)(CC(=O)O)C(=O)O.O=C[O-].[Na+]. The molecule has 0 unspecified atom stereocenters. The van der Waals surface area contributed by atoms with E-state index in [1.54, 1.807) is 0 Å². The predicted octanol–water partition coefficient (Wildman–Crippen LogP) is -5.88. The summed E-state index contributed by atoms with van der Waals surface area (Å²) in [6, 6.07) is 0. The number of hydrogen-bond donors (Lipinski definition) is 4. The summed E-state index contributed by atoms with van der Waals surface area (Å²) in [5.74, 6) is -5.02. The fraction of sp³-hybridized carbons (Fsp3) is 0.429. The van der Waals surface area contributed by atoms with E-state index in [-0.39, 0.29) is 29.6 Å². The molecule has 17 heavy (non-hydrogen) atoms. The van der Waals surface area contributed by atoms with Gasteiger partial charge in [0.2, 0.25) is 0 Å². The van der Waals surface area contributed by atoms with Crippen LogP contribution in [0.2, 0.25) is 0 Å². The zero-order valence-corrected chi connectivity index (χ0v) is 10.8. The number of carboxylic acids is 3. The zero-order chi connectivity index (χ0) is 13.4. The third kappa shape index (κ3) is 11.1. The van der Waals surface area contributed by atoms with Crippen LogP contribution in [0.3, 0.4) is 0 Å². The molecular weight excluding hydrogens is 251 g/mol. The van der Waals surface area contributed by atoms with Crippen LogP contribution in [0.1, 0.15) is 12.8 Å². The second-order valence-electron chi connectivity index (χ2n) is 2.57. The quantitative estimate of drug-likeness (QED) is 0.277. The normalized spacial score (nSPS) is 9.00. The molecule has 0 atom stereocenters. The number of hydrogen-bond acceptors (Lipinski definition) is 6. The van der Waals surface area contributed by atoms with Crippen molar-refractivity contribution < 1.29 is 74.3 Å². The van der Waals surface area contributed by atoms with E-state index < -0.39 is 42.8 Å². The van der Waals surface area contributed by atoms with Crippen LogP contribution in [-0.4, -0.2) is 50.4 Å². The Kier molecular flexibility index (Phi) is 12.5. The summed E-state index contributed by atoms with van der Waals surface area (Å²) in [6.45, 7) is -0.500. The molecule has 0 fully saturated rings. The summed E-state index contributed by atoms with van der Waals surface area (Å²) >= 11 is 0. The molecule has 0 saturated carbocycles. The van der Waals surface area contributed by atoms with Gasteiger partial charge in [0.1, 0.15) is 0 Å². The maximum Gasteiger partial charge on any atom is 1.00 e.